The number of hydrogen-bond acceptors (Lipinski definition) is 4. The standard InChI is InChI=1S/C17H14N2O4/c1-23-17(22)13-9-5-8-12-15(16(20)21)18-14(19(12)13)10-11-6-3-2-4-7-11/h2-9H,10H2,1H3,(H,20,21). The normalized spacial score (nSPS) is 10.7. The van der Waals surface area contributed by atoms with E-state index in [1.807, 2.05) is 30.3 Å². The van der Waals surface area contributed by atoms with Crippen LogP contribution in [-0.4, -0.2) is 33.5 Å². The minimum Gasteiger partial charge on any atom is -0.476 e. The fourth-order valence-corrected chi connectivity index (χ4v) is 2.53. The number of rotatable bonds is 4. The lowest BCUT2D eigenvalue weighted by molar-refractivity contribution is 0.0590. The molecule has 0 aliphatic carbocycles. The van der Waals surface area contributed by atoms with Crippen LogP contribution < -0.4 is 0 Å². The van der Waals surface area contributed by atoms with E-state index in [2.05, 4.69) is 4.98 Å². The van der Waals surface area contributed by atoms with E-state index in [-0.39, 0.29) is 11.4 Å². The highest BCUT2D eigenvalue weighted by Gasteiger charge is 2.21. The minimum atomic E-state index is -1.14. The summed E-state index contributed by atoms with van der Waals surface area (Å²) >= 11 is 0. The van der Waals surface area contributed by atoms with Crippen molar-refractivity contribution in [1.82, 2.24) is 9.38 Å². The molecule has 3 aromatic rings. The second kappa shape index (κ2) is 5.92. The molecule has 0 atom stereocenters. The third-order valence-corrected chi connectivity index (χ3v) is 3.53. The lowest BCUT2D eigenvalue weighted by Crippen LogP contribution is -2.10. The molecule has 0 aliphatic heterocycles. The molecule has 0 amide bonds. The molecule has 0 saturated carbocycles. The van der Waals surface area contributed by atoms with Crippen LogP contribution in [0.5, 0.6) is 0 Å². The van der Waals surface area contributed by atoms with Gasteiger partial charge >= 0.3 is 11.9 Å². The molecule has 23 heavy (non-hydrogen) atoms. The maximum absolute atomic E-state index is 12.0. The first-order chi connectivity index (χ1) is 11.1. The summed E-state index contributed by atoms with van der Waals surface area (Å²) in [6.45, 7) is 0. The molecule has 0 bridgehead atoms. The van der Waals surface area contributed by atoms with Crippen molar-refractivity contribution in [2.75, 3.05) is 7.11 Å². The van der Waals surface area contributed by atoms with E-state index in [0.29, 0.717) is 17.8 Å². The summed E-state index contributed by atoms with van der Waals surface area (Å²) in [6, 6.07) is 14.3. The van der Waals surface area contributed by atoms with Crippen molar-refractivity contribution in [1.29, 1.82) is 0 Å². The summed E-state index contributed by atoms with van der Waals surface area (Å²) in [6.07, 6.45) is 0.406. The van der Waals surface area contributed by atoms with Gasteiger partial charge in [0.1, 0.15) is 11.5 Å². The van der Waals surface area contributed by atoms with Crippen LogP contribution in [0.1, 0.15) is 32.4 Å². The maximum Gasteiger partial charge on any atom is 0.356 e. The predicted molar refractivity (Wildman–Crippen MR) is 82.7 cm³/mol. The predicted octanol–water partition coefficient (Wildman–Crippen LogP) is 2.41. The van der Waals surface area contributed by atoms with E-state index in [4.69, 9.17) is 4.74 Å². The van der Waals surface area contributed by atoms with Crippen molar-refractivity contribution < 1.29 is 19.4 Å². The molecule has 0 radical (unpaired) electrons. The number of fused-ring (bicyclic) bond motifs is 1. The molecule has 0 fully saturated rings. The van der Waals surface area contributed by atoms with Crippen molar-refractivity contribution in [2.24, 2.45) is 0 Å². The Kier molecular flexibility index (Phi) is 3.80. The fraction of sp³-hybridized carbons (Fsp3) is 0.118. The Hall–Kier alpha value is -3.15. The highest BCUT2D eigenvalue weighted by molar-refractivity contribution is 5.96. The van der Waals surface area contributed by atoms with Crippen LogP contribution in [0.15, 0.2) is 48.5 Å². The molecule has 1 aromatic carbocycles. The van der Waals surface area contributed by atoms with E-state index in [9.17, 15) is 14.7 Å². The van der Waals surface area contributed by atoms with Gasteiger partial charge < -0.3 is 9.84 Å². The molecular formula is C17H14N2O4. The van der Waals surface area contributed by atoms with Gasteiger partial charge in [0, 0.05) is 6.42 Å². The van der Waals surface area contributed by atoms with Crippen molar-refractivity contribution in [3.8, 4) is 0 Å². The zero-order chi connectivity index (χ0) is 16.4. The monoisotopic (exact) mass is 310 g/mol. The van der Waals surface area contributed by atoms with Crippen LogP contribution in [-0.2, 0) is 11.2 Å². The maximum atomic E-state index is 12.0. The van der Waals surface area contributed by atoms with Gasteiger partial charge in [-0.15, -0.1) is 0 Å². The van der Waals surface area contributed by atoms with Crippen molar-refractivity contribution in [2.45, 2.75) is 6.42 Å². The summed E-state index contributed by atoms with van der Waals surface area (Å²) in [7, 11) is 1.28. The number of carboxylic acids is 1. The number of pyridine rings is 1. The van der Waals surface area contributed by atoms with Gasteiger partial charge in [-0.25, -0.2) is 14.6 Å². The Morgan fingerprint density at radius 1 is 1.13 bits per heavy atom. The Labute approximate surface area is 132 Å². The van der Waals surface area contributed by atoms with Gasteiger partial charge in [0.15, 0.2) is 5.69 Å². The Balaban J connectivity index is 2.23. The molecule has 2 heterocycles. The summed E-state index contributed by atoms with van der Waals surface area (Å²) in [5, 5.41) is 9.36. The summed E-state index contributed by atoms with van der Waals surface area (Å²) in [4.78, 5) is 27.6. The third kappa shape index (κ3) is 2.66. The summed E-state index contributed by atoms with van der Waals surface area (Å²) in [5.74, 6) is -1.20. The topological polar surface area (TPSA) is 80.9 Å². The molecule has 0 spiro atoms. The number of methoxy groups -OCH3 is 1. The van der Waals surface area contributed by atoms with Crippen LogP contribution in [0.25, 0.3) is 5.52 Å². The van der Waals surface area contributed by atoms with Crippen molar-refractivity contribution in [3.05, 3.63) is 71.3 Å². The van der Waals surface area contributed by atoms with E-state index in [0.717, 1.165) is 5.56 Å². The molecule has 0 unspecified atom stereocenters. The molecule has 6 nitrogen and oxygen atoms in total. The molecule has 116 valence electrons. The van der Waals surface area contributed by atoms with E-state index in [1.165, 1.54) is 7.11 Å². The first-order valence-electron chi connectivity index (χ1n) is 6.97. The van der Waals surface area contributed by atoms with E-state index < -0.39 is 11.9 Å². The Morgan fingerprint density at radius 3 is 2.52 bits per heavy atom. The highest BCUT2D eigenvalue weighted by Crippen LogP contribution is 2.19. The molecule has 0 aliphatic rings. The number of aromatic nitrogens is 2. The van der Waals surface area contributed by atoms with Gasteiger partial charge in [-0.3, -0.25) is 4.40 Å². The third-order valence-electron chi connectivity index (χ3n) is 3.53. The largest absolute Gasteiger partial charge is 0.476 e. The van der Waals surface area contributed by atoms with Crippen molar-refractivity contribution >= 4 is 17.5 Å². The molecule has 2 aromatic heterocycles. The van der Waals surface area contributed by atoms with Crippen LogP contribution in [0.2, 0.25) is 0 Å². The molecule has 3 rings (SSSR count). The number of carboxylic acid groups (broad SMARTS) is 1. The van der Waals surface area contributed by atoms with Gasteiger partial charge in [0.25, 0.3) is 0 Å². The zero-order valence-electron chi connectivity index (χ0n) is 12.4. The van der Waals surface area contributed by atoms with Crippen LogP contribution >= 0.6 is 0 Å². The lowest BCUT2D eigenvalue weighted by atomic mass is 10.1. The number of aromatic carboxylic acids is 1. The SMILES string of the molecule is COC(=O)c1cccc2c(C(=O)O)nc(Cc3ccccc3)n12. The molecule has 6 heteroatoms. The van der Waals surface area contributed by atoms with Crippen LogP contribution in [0, 0.1) is 0 Å². The molecule has 0 saturated heterocycles. The minimum absolute atomic E-state index is 0.0818. The van der Waals surface area contributed by atoms with Crippen LogP contribution in [0.3, 0.4) is 0 Å². The number of esters is 1. The van der Waals surface area contributed by atoms with Crippen molar-refractivity contribution in [3.63, 3.8) is 0 Å². The van der Waals surface area contributed by atoms with Crippen LogP contribution in [0.4, 0.5) is 0 Å². The number of carbonyl (C=O) groups excluding carboxylic acids is 1. The second-order valence-electron chi connectivity index (χ2n) is 4.97. The van der Waals surface area contributed by atoms with E-state index in [1.54, 1.807) is 22.6 Å². The lowest BCUT2D eigenvalue weighted by Gasteiger charge is -2.07. The Morgan fingerprint density at radius 2 is 1.87 bits per heavy atom. The fourth-order valence-electron chi connectivity index (χ4n) is 2.53. The first-order valence-corrected chi connectivity index (χ1v) is 6.97. The average Bonchev–Trinajstić information content (AvgIpc) is 2.94. The summed E-state index contributed by atoms with van der Waals surface area (Å²) < 4.78 is 6.33. The second-order valence-corrected chi connectivity index (χ2v) is 4.97. The van der Waals surface area contributed by atoms with Gasteiger partial charge in [0.2, 0.25) is 0 Å². The molecular weight excluding hydrogens is 296 g/mol. The van der Waals surface area contributed by atoms with Gasteiger partial charge in [-0.05, 0) is 17.7 Å². The quantitative estimate of drug-likeness (QED) is 0.748. The number of nitrogens with zero attached hydrogens (tertiary/aromatic N) is 2. The van der Waals surface area contributed by atoms with E-state index >= 15 is 0 Å². The smallest absolute Gasteiger partial charge is 0.356 e. The number of ether oxygens (including phenoxy) is 1. The number of imidazole rings is 1. The number of hydrogen-bond donors (Lipinski definition) is 1. The van der Waals surface area contributed by atoms with Gasteiger partial charge in [-0.2, -0.15) is 0 Å². The molecule has 1 N–H and O–H groups in total. The number of benzene rings is 1. The Bertz CT molecular complexity index is 884. The average molecular weight is 310 g/mol. The first kappa shape index (κ1) is 14.8. The highest BCUT2D eigenvalue weighted by atomic mass is 16.5. The zero-order valence-corrected chi connectivity index (χ0v) is 12.4. The van der Waals surface area contributed by atoms with Gasteiger partial charge in [0.05, 0.1) is 12.6 Å². The van der Waals surface area contributed by atoms with Gasteiger partial charge in [-0.1, -0.05) is 36.4 Å². The summed E-state index contributed by atoms with van der Waals surface area (Å²) in [5.41, 5.74) is 1.50. The number of carbonyl (C=O) groups is 2.